The Bertz CT molecular complexity index is 361. The van der Waals surface area contributed by atoms with E-state index in [1.54, 1.807) is 12.1 Å². The van der Waals surface area contributed by atoms with Crippen molar-refractivity contribution in [2.45, 2.75) is 31.7 Å². The summed E-state index contributed by atoms with van der Waals surface area (Å²) in [6.07, 6.45) is -1.47. The Hall–Kier alpha value is -0.940. The number of hydrogen-bond acceptors (Lipinski definition) is 2. The van der Waals surface area contributed by atoms with E-state index in [-0.39, 0.29) is 18.2 Å². The standard InChI is InChI=1S/C12H14F3NO.ClH/c13-12(14,15)17-11-5-3-9(4-6-11)8-10-2-1-7-16-10;/h3-6,10,16H,1-2,7-8H2;1H. The predicted octanol–water partition coefficient (Wildman–Crippen LogP) is 3.30. The van der Waals surface area contributed by atoms with Gasteiger partial charge >= 0.3 is 6.36 Å². The van der Waals surface area contributed by atoms with Crippen LogP contribution >= 0.6 is 12.4 Å². The van der Waals surface area contributed by atoms with Crippen LogP contribution in [0, 0.1) is 0 Å². The van der Waals surface area contributed by atoms with Gasteiger partial charge in [-0.1, -0.05) is 12.1 Å². The quantitative estimate of drug-likeness (QED) is 0.918. The lowest BCUT2D eigenvalue weighted by molar-refractivity contribution is -0.274. The van der Waals surface area contributed by atoms with Crippen molar-refractivity contribution < 1.29 is 17.9 Å². The molecule has 0 saturated carbocycles. The molecule has 0 radical (unpaired) electrons. The second-order valence-electron chi connectivity index (χ2n) is 4.19. The van der Waals surface area contributed by atoms with Gasteiger partial charge in [-0.15, -0.1) is 25.6 Å². The third-order valence-electron chi connectivity index (χ3n) is 2.80. The van der Waals surface area contributed by atoms with Crippen LogP contribution < -0.4 is 10.1 Å². The molecule has 1 fully saturated rings. The van der Waals surface area contributed by atoms with Crippen molar-refractivity contribution in [3.8, 4) is 5.75 Å². The van der Waals surface area contributed by atoms with Gasteiger partial charge in [0.1, 0.15) is 5.75 Å². The van der Waals surface area contributed by atoms with Crippen molar-refractivity contribution in [3.05, 3.63) is 29.8 Å². The predicted molar refractivity (Wildman–Crippen MR) is 65.1 cm³/mol. The minimum atomic E-state index is -4.62. The lowest BCUT2D eigenvalue weighted by atomic mass is 10.0. The Morgan fingerprint density at radius 3 is 2.39 bits per heavy atom. The van der Waals surface area contributed by atoms with Crippen molar-refractivity contribution in [2.24, 2.45) is 0 Å². The van der Waals surface area contributed by atoms with E-state index in [2.05, 4.69) is 10.1 Å². The fourth-order valence-electron chi connectivity index (χ4n) is 2.04. The van der Waals surface area contributed by atoms with Crippen LogP contribution in [-0.2, 0) is 6.42 Å². The summed E-state index contributed by atoms with van der Waals surface area (Å²) in [6, 6.07) is 6.53. The van der Waals surface area contributed by atoms with Crippen LogP contribution in [0.4, 0.5) is 13.2 Å². The number of nitrogens with one attached hydrogen (secondary N) is 1. The number of rotatable bonds is 3. The first kappa shape index (κ1) is 15.1. The average Bonchev–Trinajstić information content (AvgIpc) is 2.71. The van der Waals surface area contributed by atoms with Crippen molar-refractivity contribution in [3.63, 3.8) is 0 Å². The van der Waals surface area contributed by atoms with E-state index in [4.69, 9.17) is 0 Å². The van der Waals surface area contributed by atoms with Crippen molar-refractivity contribution in [1.29, 1.82) is 0 Å². The average molecular weight is 282 g/mol. The molecular formula is C12H15ClF3NO. The monoisotopic (exact) mass is 281 g/mol. The number of benzene rings is 1. The second kappa shape index (κ2) is 6.29. The largest absolute Gasteiger partial charge is 0.573 e. The molecular weight excluding hydrogens is 267 g/mol. The SMILES string of the molecule is Cl.FC(F)(F)Oc1ccc(CC2CCCN2)cc1. The zero-order chi connectivity index (χ0) is 12.3. The normalized spacial score (nSPS) is 19.4. The third kappa shape index (κ3) is 4.74. The van der Waals surface area contributed by atoms with E-state index < -0.39 is 6.36 Å². The molecule has 0 aliphatic carbocycles. The molecule has 1 atom stereocenters. The molecule has 2 rings (SSSR count). The molecule has 2 nitrogen and oxygen atoms in total. The Kier molecular flexibility index (Phi) is 5.28. The Morgan fingerprint density at radius 2 is 1.89 bits per heavy atom. The lowest BCUT2D eigenvalue weighted by Crippen LogP contribution is -2.23. The van der Waals surface area contributed by atoms with Crippen LogP contribution in [0.5, 0.6) is 5.75 Å². The van der Waals surface area contributed by atoms with Crippen LogP contribution in [0.15, 0.2) is 24.3 Å². The van der Waals surface area contributed by atoms with Crippen molar-refractivity contribution in [1.82, 2.24) is 5.32 Å². The molecule has 0 amide bonds. The molecule has 1 aliphatic heterocycles. The van der Waals surface area contributed by atoms with E-state index in [1.807, 2.05) is 0 Å². The molecule has 0 bridgehead atoms. The maximum Gasteiger partial charge on any atom is 0.573 e. The van der Waals surface area contributed by atoms with Gasteiger partial charge in [-0.05, 0) is 43.5 Å². The zero-order valence-electron chi connectivity index (χ0n) is 9.67. The minimum absolute atomic E-state index is 0. The zero-order valence-corrected chi connectivity index (χ0v) is 10.5. The van der Waals surface area contributed by atoms with Gasteiger partial charge in [0.2, 0.25) is 0 Å². The molecule has 1 aromatic rings. The van der Waals surface area contributed by atoms with E-state index in [9.17, 15) is 13.2 Å². The fourth-order valence-corrected chi connectivity index (χ4v) is 2.04. The smallest absolute Gasteiger partial charge is 0.406 e. The Labute approximate surface area is 110 Å². The van der Waals surface area contributed by atoms with E-state index >= 15 is 0 Å². The summed E-state index contributed by atoms with van der Waals surface area (Å²) in [4.78, 5) is 0. The highest BCUT2D eigenvalue weighted by Crippen LogP contribution is 2.23. The molecule has 1 aromatic carbocycles. The topological polar surface area (TPSA) is 21.3 Å². The van der Waals surface area contributed by atoms with Gasteiger partial charge in [0.15, 0.2) is 0 Å². The summed E-state index contributed by atoms with van der Waals surface area (Å²) in [7, 11) is 0. The van der Waals surface area contributed by atoms with E-state index in [0.29, 0.717) is 6.04 Å². The van der Waals surface area contributed by atoms with Gasteiger partial charge < -0.3 is 10.1 Å². The maximum absolute atomic E-state index is 11.9. The van der Waals surface area contributed by atoms with Crippen LogP contribution in [0.1, 0.15) is 18.4 Å². The first-order valence-electron chi connectivity index (χ1n) is 5.61. The van der Waals surface area contributed by atoms with Crippen molar-refractivity contribution >= 4 is 12.4 Å². The molecule has 6 heteroatoms. The van der Waals surface area contributed by atoms with Crippen molar-refractivity contribution in [2.75, 3.05) is 6.54 Å². The highest BCUT2D eigenvalue weighted by atomic mass is 35.5. The summed E-state index contributed by atoms with van der Waals surface area (Å²) in [6.45, 7) is 1.03. The van der Waals surface area contributed by atoms with E-state index in [0.717, 1.165) is 24.9 Å². The highest BCUT2D eigenvalue weighted by Gasteiger charge is 2.30. The highest BCUT2D eigenvalue weighted by molar-refractivity contribution is 5.85. The second-order valence-corrected chi connectivity index (χ2v) is 4.19. The Balaban J connectivity index is 0.00000162. The lowest BCUT2D eigenvalue weighted by Gasteiger charge is -2.11. The fraction of sp³-hybridized carbons (Fsp3) is 0.500. The van der Waals surface area contributed by atoms with Gasteiger partial charge in [0.25, 0.3) is 0 Å². The van der Waals surface area contributed by atoms with Crippen LogP contribution in [0.25, 0.3) is 0 Å². The summed E-state index contributed by atoms with van der Waals surface area (Å²) in [5.74, 6) is -0.166. The number of hydrogen-bond donors (Lipinski definition) is 1. The molecule has 18 heavy (non-hydrogen) atoms. The van der Waals surface area contributed by atoms with Gasteiger partial charge in [-0.3, -0.25) is 0 Å². The third-order valence-corrected chi connectivity index (χ3v) is 2.80. The molecule has 1 heterocycles. The molecule has 102 valence electrons. The number of alkyl halides is 3. The van der Waals surface area contributed by atoms with Gasteiger partial charge in [-0.2, -0.15) is 0 Å². The first-order chi connectivity index (χ1) is 8.03. The van der Waals surface area contributed by atoms with Gasteiger partial charge in [0.05, 0.1) is 0 Å². The summed E-state index contributed by atoms with van der Waals surface area (Å²) >= 11 is 0. The van der Waals surface area contributed by atoms with Crippen LogP contribution in [-0.4, -0.2) is 18.9 Å². The summed E-state index contributed by atoms with van der Waals surface area (Å²) in [5, 5.41) is 3.35. The molecule has 1 saturated heterocycles. The van der Waals surface area contributed by atoms with Gasteiger partial charge in [0, 0.05) is 6.04 Å². The van der Waals surface area contributed by atoms with Crippen LogP contribution in [0.3, 0.4) is 0 Å². The minimum Gasteiger partial charge on any atom is -0.406 e. The molecule has 1 N–H and O–H groups in total. The molecule has 1 unspecified atom stereocenters. The maximum atomic E-state index is 11.9. The van der Waals surface area contributed by atoms with Gasteiger partial charge in [-0.25, -0.2) is 0 Å². The molecule has 1 aliphatic rings. The Morgan fingerprint density at radius 1 is 1.22 bits per heavy atom. The first-order valence-corrected chi connectivity index (χ1v) is 5.61. The summed E-state index contributed by atoms with van der Waals surface area (Å²) in [5.41, 5.74) is 1.03. The molecule has 0 spiro atoms. The summed E-state index contributed by atoms with van der Waals surface area (Å²) < 4.78 is 39.6. The van der Waals surface area contributed by atoms with Crippen LogP contribution in [0.2, 0.25) is 0 Å². The number of halogens is 4. The molecule has 0 aromatic heterocycles. The number of ether oxygens (including phenoxy) is 1. The van der Waals surface area contributed by atoms with E-state index in [1.165, 1.54) is 18.6 Å².